The third-order valence-electron chi connectivity index (χ3n) is 3.46. The summed E-state index contributed by atoms with van der Waals surface area (Å²) in [7, 11) is 5.83. The lowest BCUT2D eigenvalue weighted by Crippen LogP contribution is -2.40. The van der Waals surface area contributed by atoms with Crippen LogP contribution in [0.2, 0.25) is 0 Å². The molecule has 0 saturated carbocycles. The summed E-state index contributed by atoms with van der Waals surface area (Å²) in [5.41, 5.74) is 2.43. The van der Waals surface area contributed by atoms with Crippen molar-refractivity contribution in [2.75, 3.05) is 44.6 Å². The first-order valence-electron chi connectivity index (χ1n) is 6.83. The molecule has 0 bridgehead atoms. The Balaban J connectivity index is 2.02. The highest BCUT2D eigenvalue weighted by Gasteiger charge is 2.20. The van der Waals surface area contributed by atoms with Crippen LogP contribution in [0.3, 0.4) is 0 Å². The van der Waals surface area contributed by atoms with Crippen LogP contribution in [0.5, 0.6) is 6.01 Å². The van der Waals surface area contributed by atoms with Crippen molar-refractivity contribution in [3.8, 4) is 6.01 Å². The van der Waals surface area contributed by atoms with Gasteiger partial charge in [0.15, 0.2) is 0 Å². The van der Waals surface area contributed by atoms with Gasteiger partial charge in [-0.05, 0) is 26.4 Å². The number of nitrogen functional groups attached to an aromatic ring is 1. The van der Waals surface area contributed by atoms with Gasteiger partial charge in [0.05, 0.1) is 0 Å². The number of aromatic nitrogens is 3. The molecule has 0 radical (unpaired) electrons. The first kappa shape index (κ1) is 14.7. The normalized spacial score (nSPS) is 19.7. The molecule has 0 amide bonds. The number of ether oxygens (including phenoxy) is 1. The van der Waals surface area contributed by atoms with Crippen molar-refractivity contribution in [1.82, 2.24) is 19.9 Å². The second-order valence-electron chi connectivity index (χ2n) is 5.22. The maximum Gasteiger partial charge on any atom is 0.323 e. The van der Waals surface area contributed by atoms with Crippen LogP contribution in [-0.4, -0.2) is 60.2 Å². The molecule has 0 spiro atoms. The highest BCUT2D eigenvalue weighted by atomic mass is 16.5. The molecule has 8 heteroatoms. The maximum atomic E-state index is 5.72. The zero-order valence-corrected chi connectivity index (χ0v) is 12.3. The number of hydrazine groups is 1. The number of nitrogens with two attached hydrogens (primary N) is 1. The van der Waals surface area contributed by atoms with Crippen LogP contribution < -0.4 is 20.9 Å². The van der Waals surface area contributed by atoms with Crippen LogP contribution in [0, 0.1) is 0 Å². The van der Waals surface area contributed by atoms with E-state index in [-0.39, 0.29) is 0 Å². The van der Waals surface area contributed by atoms with Crippen LogP contribution in [0.25, 0.3) is 0 Å². The van der Waals surface area contributed by atoms with E-state index in [2.05, 4.69) is 32.3 Å². The number of hydrogen-bond donors (Lipinski definition) is 2. The van der Waals surface area contributed by atoms with Gasteiger partial charge in [-0.15, -0.1) is 0 Å². The predicted molar refractivity (Wildman–Crippen MR) is 77.7 cm³/mol. The molecule has 1 atom stereocenters. The van der Waals surface area contributed by atoms with Crippen LogP contribution >= 0.6 is 0 Å². The van der Waals surface area contributed by atoms with E-state index in [0.717, 1.165) is 13.0 Å². The smallest absolute Gasteiger partial charge is 0.323 e. The molecule has 1 saturated heterocycles. The van der Waals surface area contributed by atoms with Crippen molar-refractivity contribution in [3.05, 3.63) is 0 Å². The molecule has 2 rings (SSSR count). The molecule has 20 heavy (non-hydrogen) atoms. The Hall–Kier alpha value is -1.67. The van der Waals surface area contributed by atoms with Gasteiger partial charge in [0.25, 0.3) is 0 Å². The fourth-order valence-electron chi connectivity index (χ4n) is 2.20. The summed E-state index contributed by atoms with van der Waals surface area (Å²) in [6, 6.07) is 0.716. The van der Waals surface area contributed by atoms with Crippen molar-refractivity contribution >= 4 is 11.9 Å². The van der Waals surface area contributed by atoms with E-state index in [4.69, 9.17) is 10.6 Å². The van der Waals surface area contributed by atoms with Crippen molar-refractivity contribution < 1.29 is 4.74 Å². The van der Waals surface area contributed by atoms with Gasteiger partial charge in [0.1, 0.15) is 6.61 Å². The molecule has 1 fully saturated rings. The van der Waals surface area contributed by atoms with E-state index < -0.39 is 0 Å². The van der Waals surface area contributed by atoms with Crippen LogP contribution in [0.4, 0.5) is 11.9 Å². The van der Waals surface area contributed by atoms with Crippen molar-refractivity contribution in [1.29, 1.82) is 0 Å². The highest BCUT2D eigenvalue weighted by molar-refractivity contribution is 5.36. The number of likely N-dealkylation sites (N-methyl/N-ethyl adjacent to an activating group) is 1. The van der Waals surface area contributed by atoms with Gasteiger partial charge in [0.2, 0.25) is 11.9 Å². The van der Waals surface area contributed by atoms with Crippen molar-refractivity contribution in [2.24, 2.45) is 5.84 Å². The molecular weight excluding hydrogens is 258 g/mol. The van der Waals surface area contributed by atoms with Gasteiger partial charge in [-0.3, -0.25) is 5.43 Å². The molecule has 112 valence electrons. The van der Waals surface area contributed by atoms with Gasteiger partial charge in [-0.2, -0.15) is 15.0 Å². The summed E-state index contributed by atoms with van der Waals surface area (Å²) in [5.74, 6) is 6.18. The lowest BCUT2D eigenvalue weighted by molar-refractivity contribution is 0.120. The summed E-state index contributed by atoms with van der Waals surface area (Å²) in [4.78, 5) is 16.6. The fourth-order valence-corrected chi connectivity index (χ4v) is 2.20. The van der Waals surface area contributed by atoms with Gasteiger partial charge in [0, 0.05) is 20.1 Å². The largest absolute Gasteiger partial charge is 0.462 e. The van der Waals surface area contributed by atoms with Gasteiger partial charge in [-0.1, -0.05) is 6.42 Å². The number of anilines is 2. The molecule has 0 aromatic carbocycles. The molecule has 3 N–H and O–H groups in total. The average Bonchev–Trinajstić information content (AvgIpc) is 2.46. The predicted octanol–water partition coefficient (Wildman–Crippen LogP) is 0.0863. The fraction of sp³-hybridized carbons (Fsp3) is 0.750. The molecule has 2 heterocycles. The Morgan fingerprint density at radius 1 is 1.35 bits per heavy atom. The summed E-state index contributed by atoms with van der Waals surface area (Å²) >= 11 is 0. The van der Waals surface area contributed by atoms with E-state index in [0.29, 0.717) is 30.6 Å². The van der Waals surface area contributed by atoms with Crippen LogP contribution in [-0.2, 0) is 0 Å². The Kier molecular flexibility index (Phi) is 4.91. The van der Waals surface area contributed by atoms with Gasteiger partial charge < -0.3 is 14.5 Å². The number of piperidine rings is 1. The maximum absolute atomic E-state index is 5.72. The summed E-state index contributed by atoms with van der Waals surface area (Å²) < 4.78 is 5.72. The number of rotatable bonds is 5. The second-order valence-corrected chi connectivity index (χ2v) is 5.22. The first-order chi connectivity index (χ1) is 9.60. The first-order valence-corrected chi connectivity index (χ1v) is 6.83. The number of nitrogens with zero attached hydrogens (tertiary/aromatic N) is 5. The minimum absolute atomic E-state index is 0.302. The topological polar surface area (TPSA) is 92.4 Å². The summed E-state index contributed by atoms with van der Waals surface area (Å²) in [5, 5.41) is 0. The number of hydrogen-bond acceptors (Lipinski definition) is 8. The lowest BCUT2D eigenvalue weighted by Gasteiger charge is -2.31. The number of nitrogens with one attached hydrogen (secondary N) is 1. The molecule has 1 aliphatic heterocycles. The summed E-state index contributed by atoms with van der Waals surface area (Å²) in [6.07, 6.45) is 3.64. The van der Waals surface area contributed by atoms with Gasteiger partial charge in [-0.25, -0.2) is 5.84 Å². The Bertz CT molecular complexity index is 440. The van der Waals surface area contributed by atoms with Crippen LogP contribution in [0.15, 0.2) is 0 Å². The minimum atomic E-state index is 0.302. The highest BCUT2D eigenvalue weighted by Crippen LogP contribution is 2.17. The van der Waals surface area contributed by atoms with Crippen molar-refractivity contribution in [2.45, 2.75) is 25.3 Å². The molecule has 1 aromatic heterocycles. The zero-order chi connectivity index (χ0) is 14.5. The SMILES string of the molecule is CN(C)c1nc(NN)nc(OCC2CCCCN2C)n1. The third-order valence-corrected chi connectivity index (χ3v) is 3.46. The lowest BCUT2D eigenvalue weighted by atomic mass is 10.0. The minimum Gasteiger partial charge on any atom is -0.462 e. The van der Waals surface area contributed by atoms with E-state index in [1.165, 1.54) is 12.8 Å². The monoisotopic (exact) mass is 281 g/mol. The second kappa shape index (κ2) is 6.67. The van der Waals surface area contributed by atoms with E-state index in [1.54, 1.807) is 4.90 Å². The molecule has 1 aliphatic rings. The third kappa shape index (κ3) is 3.67. The molecule has 8 nitrogen and oxygen atoms in total. The van der Waals surface area contributed by atoms with Gasteiger partial charge >= 0.3 is 6.01 Å². The van der Waals surface area contributed by atoms with Crippen LogP contribution in [0.1, 0.15) is 19.3 Å². The van der Waals surface area contributed by atoms with E-state index >= 15 is 0 Å². The molecule has 1 aromatic rings. The summed E-state index contributed by atoms with van der Waals surface area (Å²) in [6.45, 7) is 1.70. The number of likely N-dealkylation sites (tertiary alicyclic amines) is 1. The quantitative estimate of drug-likeness (QED) is 0.579. The van der Waals surface area contributed by atoms with Crippen molar-refractivity contribution in [3.63, 3.8) is 0 Å². The molecule has 1 unspecified atom stereocenters. The zero-order valence-electron chi connectivity index (χ0n) is 12.3. The Morgan fingerprint density at radius 3 is 2.80 bits per heavy atom. The van der Waals surface area contributed by atoms with E-state index in [1.807, 2.05) is 14.1 Å². The molecular formula is C12H23N7O. The molecule has 0 aliphatic carbocycles. The van der Waals surface area contributed by atoms with E-state index in [9.17, 15) is 0 Å². The average molecular weight is 281 g/mol. The Morgan fingerprint density at radius 2 is 2.15 bits per heavy atom. The Labute approximate surface area is 119 Å². The standard InChI is InChI=1S/C12H23N7O/c1-18(2)11-14-10(17-13)15-12(16-11)20-8-9-6-4-5-7-19(9)3/h9H,4-8,13H2,1-3H3,(H,14,15,16,17).